The zero-order valence-corrected chi connectivity index (χ0v) is 9.97. The Bertz CT molecular complexity index is 423. The first-order valence-electron chi connectivity index (χ1n) is 5.32. The van der Waals surface area contributed by atoms with Gasteiger partial charge in [0.2, 0.25) is 5.91 Å². The molecule has 1 aromatic rings. The van der Waals surface area contributed by atoms with Crippen LogP contribution in [0.5, 0.6) is 0 Å². The number of ether oxygens (including phenoxy) is 1. The van der Waals surface area contributed by atoms with Crippen molar-refractivity contribution in [3.63, 3.8) is 0 Å². The molecule has 3 N–H and O–H groups in total. The van der Waals surface area contributed by atoms with Crippen LogP contribution in [0.4, 0.5) is 5.69 Å². The number of aromatic nitrogens is 1. The van der Waals surface area contributed by atoms with Gasteiger partial charge >= 0.3 is 5.97 Å². The Morgan fingerprint density at radius 3 is 2.94 bits per heavy atom. The fraction of sp³-hybridized carbons (Fsp3) is 0.364. The number of rotatable bonds is 7. The van der Waals surface area contributed by atoms with E-state index in [4.69, 9.17) is 9.84 Å². The minimum absolute atomic E-state index is 0.00594. The van der Waals surface area contributed by atoms with Crippen LogP contribution in [0.2, 0.25) is 0 Å². The van der Waals surface area contributed by atoms with Gasteiger partial charge in [0.25, 0.3) is 0 Å². The number of methoxy groups -OCH3 is 1. The minimum atomic E-state index is -1.09. The van der Waals surface area contributed by atoms with Crippen molar-refractivity contribution in [1.82, 2.24) is 10.3 Å². The van der Waals surface area contributed by atoms with Gasteiger partial charge in [0, 0.05) is 26.0 Å². The quantitative estimate of drug-likeness (QED) is 0.589. The molecule has 7 heteroatoms. The van der Waals surface area contributed by atoms with Crippen molar-refractivity contribution in [3.8, 4) is 0 Å². The molecule has 1 aromatic heterocycles. The summed E-state index contributed by atoms with van der Waals surface area (Å²) < 4.78 is 4.78. The van der Waals surface area contributed by atoms with Gasteiger partial charge in [-0.05, 0) is 6.07 Å². The van der Waals surface area contributed by atoms with E-state index in [2.05, 4.69) is 15.6 Å². The molecule has 0 aliphatic carbocycles. The van der Waals surface area contributed by atoms with Crippen LogP contribution in [-0.2, 0) is 9.53 Å². The van der Waals surface area contributed by atoms with E-state index in [1.54, 1.807) is 7.11 Å². The highest BCUT2D eigenvalue weighted by Crippen LogP contribution is 2.12. The molecule has 0 fully saturated rings. The zero-order valence-electron chi connectivity index (χ0n) is 9.97. The number of carbonyl (C=O) groups excluding carboxylic acids is 1. The van der Waals surface area contributed by atoms with E-state index in [9.17, 15) is 9.59 Å². The fourth-order valence-electron chi connectivity index (χ4n) is 1.25. The summed E-state index contributed by atoms with van der Waals surface area (Å²) >= 11 is 0. The molecule has 18 heavy (non-hydrogen) atoms. The molecule has 0 bridgehead atoms. The molecule has 1 heterocycles. The monoisotopic (exact) mass is 253 g/mol. The Morgan fingerprint density at radius 2 is 2.28 bits per heavy atom. The smallest absolute Gasteiger partial charge is 0.339 e. The van der Waals surface area contributed by atoms with Gasteiger partial charge < -0.3 is 20.5 Å². The van der Waals surface area contributed by atoms with Gasteiger partial charge in [-0.2, -0.15) is 0 Å². The number of nitrogens with one attached hydrogen (secondary N) is 2. The Morgan fingerprint density at radius 1 is 1.50 bits per heavy atom. The Hall–Kier alpha value is -2.15. The topological polar surface area (TPSA) is 101 Å². The first kappa shape index (κ1) is 13.9. The van der Waals surface area contributed by atoms with E-state index in [0.29, 0.717) is 18.8 Å². The second-order valence-corrected chi connectivity index (χ2v) is 3.42. The van der Waals surface area contributed by atoms with Crippen LogP contribution in [-0.4, -0.2) is 48.8 Å². The first-order chi connectivity index (χ1) is 8.65. The van der Waals surface area contributed by atoms with Gasteiger partial charge in [0.05, 0.1) is 18.8 Å². The molecule has 1 amide bonds. The number of carboxylic acid groups (broad SMARTS) is 1. The molecule has 0 atom stereocenters. The molecule has 0 saturated heterocycles. The summed E-state index contributed by atoms with van der Waals surface area (Å²) in [6.45, 7) is 0.842. The van der Waals surface area contributed by atoms with E-state index < -0.39 is 5.97 Å². The van der Waals surface area contributed by atoms with E-state index in [1.807, 2.05) is 0 Å². The predicted molar refractivity (Wildman–Crippen MR) is 64.6 cm³/mol. The predicted octanol–water partition coefficient (Wildman–Crippen LogP) is -0.0457. The Kier molecular flexibility index (Phi) is 5.59. The average Bonchev–Trinajstić information content (AvgIpc) is 2.37. The highest BCUT2D eigenvalue weighted by Gasteiger charge is 2.10. The third-order valence-electron chi connectivity index (χ3n) is 2.12. The van der Waals surface area contributed by atoms with Crippen molar-refractivity contribution in [2.24, 2.45) is 0 Å². The Labute approximate surface area is 104 Å². The summed E-state index contributed by atoms with van der Waals surface area (Å²) in [7, 11) is 1.54. The molecule has 7 nitrogen and oxygen atoms in total. The lowest BCUT2D eigenvalue weighted by Gasteiger charge is -2.09. The second kappa shape index (κ2) is 7.23. The second-order valence-electron chi connectivity index (χ2n) is 3.42. The number of nitrogens with zero attached hydrogens (tertiary/aromatic N) is 1. The van der Waals surface area contributed by atoms with E-state index in [-0.39, 0.29) is 18.0 Å². The molecule has 1 rings (SSSR count). The van der Waals surface area contributed by atoms with Crippen molar-refractivity contribution in [3.05, 3.63) is 24.0 Å². The van der Waals surface area contributed by atoms with Crippen molar-refractivity contribution < 1.29 is 19.4 Å². The first-order valence-corrected chi connectivity index (χ1v) is 5.32. The van der Waals surface area contributed by atoms with Gasteiger partial charge in [-0.3, -0.25) is 9.78 Å². The molecule has 0 aromatic carbocycles. The lowest BCUT2D eigenvalue weighted by atomic mass is 10.2. The summed E-state index contributed by atoms with van der Waals surface area (Å²) in [5.41, 5.74) is 0.390. The van der Waals surface area contributed by atoms with Crippen molar-refractivity contribution in [2.45, 2.75) is 0 Å². The number of carboxylic acids is 1. The largest absolute Gasteiger partial charge is 0.478 e. The summed E-state index contributed by atoms with van der Waals surface area (Å²) in [5, 5.41) is 14.3. The Balaban J connectivity index is 2.48. The van der Waals surface area contributed by atoms with Gasteiger partial charge in [-0.25, -0.2) is 4.79 Å². The lowest BCUT2D eigenvalue weighted by molar-refractivity contribution is -0.119. The minimum Gasteiger partial charge on any atom is -0.478 e. The van der Waals surface area contributed by atoms with Crippen LogP contribution in [0.3, 0.4) is 0 Å². The highest BCUT2D eigenvalue weighted by atomic mass is 16.5. The molecule has 0 radical (unpaired) electrons. The van der Waals surface area contributed by atoms with Gasteiger partial charge in [-0.15, -0.1) is 0 Å². The SMILES string of the molecule is COCCNC(=O)CNc1ccncc1C(=O)O. The number of pyridine rings is 1. The van der Waals surface area contributed by atoms with Crippen LogP contribution in [0.25, 0.3) is 0 Å². The van der Waals surface area contributed by atoms with Crippen molar-refractivity contribution in [2.75, 3.05) is 32.1 Å². The summed E-state index contributed by atoms with van der Waals surface area (Å²) in [4.78, 5) is 26.0. The normalized spacial score (nSPS) is 9.83. The third-order valence-corrected chi connectivity index (χ3v) is 2.12. The number of hydrogen-bond donors (Lipinski definition) is 3. The number of aromatic carboxylic acids is 1. The van der Waals surface area contributed by atoms with Gasteiger partial charge in [0.1, 0.15) is 5.56 Å². The molecule has 0 aliphatic heterocycles. The maximum atomic E-state index is 11.4. The number of hydrogen-bond acceptors (Lipinski definition) is 5. The third kappa shape index (κ3) is 4.38. The molecule has 98 valence electrons. The summed E-state index contributed by atoms with van der Waals surface area (Å²) in [6, 6.07) is 1.51. The molecule has 0 unspecified atom stereocenters. The van der Waals surface area contributed by atoms with Crippen molar-refractivity contribution in [1.29, 1.82) is 0 Å². The average molecular weight is 253 g/mol. The number of amides is 1. The van der Waals surface area contributed by atoms with Crippen molar-refractivity contribution >= 4 is 17.6 Å². The van der Waals surface area contributed by atoms with E-state index >= 15 is 0 Å². The molecular weight excluding hydrogens is 238 g/mol. The zero-order chi connectivity index (χ0) is 13.4. The molecule has 0 spiro atoms. The highest BCUT2D eigenvalue weighted by molar-refractivity contribution is 5.94. The fourth-order valence-corrected chi connectivity index (χ4v) is 1.25. The van der Waals surface area contributed by atoms with Crippen LogP contribution < -0.4 is 10.6 Å². The molecule has 0 saturated carbocycles. The maximum Gasteiger partial charge on any atom is 0.339 e. The summed E-state index contributed by atoms with van der Waals surface area (Å²) in [6.07, 6.45) is 2.69. The van der Waals surface area contributed by atoms with Crippen LogP contribution in [0.15, 0.2) is 18.5 Å². The summed E-state index contributed by atoms with van der Waals surface area (Å²) in [5.74, 6) is -1.33. The maximum absolute atomic E-state index is 11.4. The standard InChI is InChI=1S/C11H15N3O4/c1-18-5-4-13-10(15)7-14-9-2-3-12-6-8(9)11(16)17/h2-3,6H,4-5,7H2,1H3,(H,12,14)(H,13,15)(H,16,17). The van der Waals surface area contributed by atoms with Crippen LogP contribution in [0, 0.1) is 0 Å². The number of anilines is 1. The van der Waals surface area contributed by atoms with E-state index in [1.165, 1.54) is 18.5 Å². The number of carbonyl (C=O) groups is 2. The van der Waals surface area contributed by atoms with Gasteiger partial charge in [-0.1, -0.05) is 0 Å². The molecule has 0 aliphatic rings. The lowest BCUT2D eigenvalue weighted by Crippen LogP contribution is -2.32. The van der Waals surface area contributed by atoms with Crippen LogP contribution >= 0.6 is 0 Å². The van der Waals surface area contributed by atoms with E-state index in [0.717, 1.165) is 0 Å². The van der Waals surface area contributed by atoms with Gasteiger partial charge in [0.15, 0.2) is 0 Å². The molecular formula is C11H15N3O4. The van der Waals surface area contributed by atoms with Crippen LogP contribution in [0.1, 0.15) is 10.4 Å².